The van der Waals surface area contributed by atoms with Crippen molar-refractivity contribution in [3.8, 4) is 0 Å². The summed E-state index contributed by atoms with van der Waals surface area (Å²) in [5.41, 5.74) is 0. The molecule has 0 amide bonds. The molecule has 0 aliphatic heterocycles. The van der Waals surface area contributed by atoms with Gasteiger partial charge in [0.25, 0.3) is 0 Å². The molecule has 0 spiro atoms. The lowest BCUT2D eigenvalue weighted by Gasteiger charge is -2.12. The highest BCUT2D eigenvalue weighted by molar-refractivity contribution is 9.11. The van der Waals surface area contributed by atoms with Gasteiger partial charge in [-0.15, -0.1) is 0 Å². The van der Waals surface area contributed by atoms with Gasteiger partial charge in [-0.25, -0.2) is 0 Å². The van der Waals surface area contributed by atoms with Gasteiger partial charge in [0.15, 0.2) is 0 Å². The molecule has 1 atom stereocenters. The highest BCUT2D eigenvalue weighted by Gasteiger charge is 2.00. The Bertz CT molecular complexity index is 134. The van der Waals surface area contributed by atoms with Gasteiger partial charge in [0.2, 0.25) is 0 Å². The molecule has 0 saturated carbocycles. The average molecular weight is 248 g/mol. The van der Waals surface area contributed by atoms with Crippen LogP contribution in [0.5, 0.6) is 0 Å². The Labute approximate surface area is 91.1 Å². The van der Waals surface area contributed by atoms with Crippen LogP contribution in [0.15, 0.2) is 11.1 Å². The molecule has 2 heteroatoms. The molecule has 78 valence electrons. The summed E-state index contributed by atoms with van der Waals surface area (Å²) in [6.07, 6.45) is 6.69. The van der Waals surface area contributed by atoms with Crippen molar-refractivity contribution >= 4 is 15.9 Å². The first-order valence-corrected chi connectivity index (χ1v) is 6.02. The zero-order chi connectivity index (χ0) is 10.1. The molecule has 0 bridgehead atoms. The molecule has 1 unspecified atom stereocenters. The second-order valence-corrected chi connectivity index (χ2v) is 4.77. The van der Waals surface area contributed by atoms with E-state index in [4.69, 9.17) is 0 Å². The Morgan fingerprint density at radius 3 is 2.62 bits per heavy atom. The maximum Gasteiger partial charge on any atom is 0.0268 e. The minimum atomic E-state index is 0.617. The molecule has 0 aromatic carbocycles. The van der Waals surface area contributed by atoms with Gasteiger partial charge in [0.1, 0.15) is 0 Å². The van der Waals surface area contributed by atoms with Crippen LogP contribution in [0.25, 0.3) is 0 Å². The lowest BCUT2D eigenvalue weighted by atomic mass is 10.1. The first kappa shape index (κ1) is 13.2. The van der Waals surface area contributed by atoms with Crippen molar-refractivity contribution in [3.05, 3.63) is 11.1 Å². The zero-order valence-electron chi connectivity index (χ0n) is 8.91. The molecule has 0 fully saturated rings. The molecular weight excluding hydrogens is 226 g/mol. The maximum absolute atomic E-state index is 3.79. The lowest BCUT2D eigenvalue weighted by Crippen LogP contribution is -2.26. The largest absolute Gasteiger partial charge is 0.310 e. The third-order valence-electron chi connectivity index (χ3n) is 2.13. The van der Waals surface area contributed by atoms with Gasteiger partial charge >= 0.3 is 0 Å². The van der Waals surface area contributed by atoms with E-state index in [2.05, 4.69) is 41.7 Å². The Hall–Kier alpha value is 0.180. The summed E-state index contributed by atoms with van der Waals surface area (Å²) in [4.78, 5) is 0. The molecule has 0 radical (unpaired) electrons. The van der Waals surface area contributed by atoms with Gasteiger partial charge in [-0.1, -0.05) is 55.1 Å². The van der Waals surface area contributed by atoms with Crippen molar-refractivity contribution in [2.24, 2.45) is 0 Å². The SMILES string of the molecule is C=C(Br)CNC(C)CCCCCC. The topological polar surface area (TPSA) is 12.0 Å². The second-order valence-electron chi connectivity index (χ2n) is 3.65. The molecular formula is C11H22BrN. The molecule has 0 aromatic heterocycles. The molecule has 1 nitrogen and oxygen atoms in total. The van der Waals surface area contributed by atoms with Gasteiger partial charge in [-0.05, 0) is 13.3 Å². The summed E-state index contributed by atoms with van der Waals surface area (Å²) in [5, 5.41) is 3.41. The number of hydrogen-bond acceptors (Lipinski definition) is 1. The van der Waals surface area contributed by atoms with Gasteiger partial charge in [-0.2, -0.15) is 0 Å². The molecule has 0 aliphatic carbocycles. The van der Waals surface area contributed by atoms with Crippen LogP contribution in [0.4, 0.5) is 0 Å². The smallest absolute Gasteiger partial charge is 0.0268 e. The molecule has 0 saturated heterocycles. The zero-order valence-corrected chi connectivity index (χ0v) is 10.5. The third kappa shape index (κ3) is 10.1. The number of halogens is 1. The van der Waals surface area contributed by atoms with Crippen LogP contribution in [0.2, 0.25) is 0 Å². The Morgan fingerprint density at radius 1 is 1.38 bits per heavy atom. The van der Waals surface area contributed by atoms with Crippen molar-refractivity contribution in [1.82, 2.24) is 5.32 Å². The number of hydrogen-bond donors (Lipinski definition) is 1. The highest BCUT2D eigenvalue weighted by atomic mass is 79.9. The minimum Gasteiger partial charge on any atom is -0.310 e. The van der Waals surface area contributed by atoms with E-state index in [1.54, 1.807) is 0 Å². The van der Waals surface area contributed by atoms with E-state index in [9.17, 15) is 0 Å². The van der Waals surface area contributed by atoms with Gasteiger partial charge in [0.05, 0.1) is 0 Å². The normalized spacial score (nSPS) is 12.8. The van der Waals surface area contributed by atoms with E-state index in [0.29, 0.717) is 6.04 Å². The van der Waals surface area contributed by atoms with E-state index in [0.717, 1.165) is 11.0 Å². The van der Waals surface area contributed by atoms with Crippen molar-refractivity contribution < 1.29 is 0 Å². The molecule has 0 heterocycles. The first-order valence-electron chi connectivity index (χ1n) is 5.23. The molecule has 0 aliphatic rings. The van der Waals surface area contributed by atoms with Gasteiger partial charge in [0, 0.05) is 17.1 Å². The van der Waals surface area contributed by atoms with E-state index in [-0.39, 0.29) is 0 Å². The quantitative estimate of drug-likeness (QED) is 0.643. The predicted molar refractivity (Wildman–Crippen MR) is 64.3 cm³/mol. The van der Waals surface area contributed by atoms with Crippen molar-refractivity contribution in [2.75, 3.05) is 6.54 Å². The maximum atomic E-state index is 3.79. The Morgan fingerprint density at radius 2 is 2.08 bits per heavy atom. The standard InChI is InChI=1S/C11H22BrN/c1-4-5-6-7-8-11(3)13-9-10(2)12/h11,13H,2,4-9H2,1,3H3. The predicted octanol–water partition coefficient (Wildman–Crippen LogP) is 3.84. The van der Waals surface area contributed by atoms with Crippen LogP contribution >= 0.6 is 15.9 Å². The number of unbranched alkanes of at least 4 members (excludes halogenated alkanes) is 3. The summed E-state index contributed by atoms with van der Waals surface area (Å²) in [7, 11) is 0. The van der Waals surface area contributed by atoms with Crippen molar-refractivity contribution in [2.45, 2.75) is 52.0 Å². The number of rotatable bonds is 8. The second kappa shape index (κ2) is 8.76. The average Bonchev–Trinajstić information content (AvgIpc) is 2.09. The van der Waals surface area contributed by atoms with Crippen LogP contribution in [-0.2, 0) is 0 Å². The Kier molecular flexibility index (Phi) is 8.89. The van der Waals surface area contributed by atoms with E-state index in [1.165, 1.54) is 32.1 Å². The minimum absolute atomic E-state index is 0.617. The summed E-state index contributed by atoms with van der Waals surface area (Å²) in [6, 6.07) is 0.617. The van der Waals surface area contributed by atoms with Crippen LogP contribution in [0.1, 0.15) is 46.0 Å². The fourth-order valence-electron chi connectivity index (χ4n) is 1.26. The molecule has 1 N–H and O–H groups in total. The van der Waals surface area contributed by atoms with Crippen LogP contribution in [0.3, 0.4) is 0 Å². The molecule has 0 aromatic rings. The first-order chi connectivity index (χ1) is 6.16. The third-order valence-corrected chi connectivity index (χ3v) is 2.41. The molecule has 0 rings (SSSR count). The Balaban J connectivity index is 3.19. The van der Waals surface area contributed by atoms with E-state index in [1.807, 2.05) is 0 Å². The summed E-state index contributed by atoms with van der Waals surface area (Å²) < 4.78 is 1.04. The van der Waals surface area contributed by atoms with Crippen molar-refractivity contribution in [1.29, 1.82) is 0 Å². The summed E-state index contributed by atoms with van der Waals surface area (Å²) in [5.74, 6) is 0. The van der Waals surface area contributed by atoms with Crippen LogP contribution in [-0.4, -0.2) is 12.6 Å². The van der Waals surface area contributed by atoms with Gasteiger partial charge < -0.3 is 5.32 Å². The van der Waals surface area contributed by atoms with E-state index >= 15 is 0 Å². The number of nitrogens with one attached hydrogen (secondary N) is 1. The summed E-state index contributed by atoms with van der Waals surface area (Å²) in [6.45, 7) is 9.16. The van der Waals surface area contributed by atoms with Crippen LogP contribution < -0.4 is 5.32 Å². The van der Waals surface area contributed by atoms with Crippen molar-refractivity contribution in [3.63, 3.8) is 0 Å². The van der Waals surface area contributed by atoms with E-state index < -0.39 is 0 Å². The lowest BCUT2D eigenvalue weighted by molar-refractivity contribution is 0.502. The molecule has 13 heavy (non-hydrogen) atoms. The monoisotopic (exact) mass is 247 g/mol. The summed E-state index contributed by atoms with van der Waals surface area (Å²) >= 11 is 3.34. The highest BCUT2D eigenvalue weighted by Crippen LogP contribution is 2.06. The fraction of sp³-hybridized carbons (Fsp3) is 0.818. The van der Waals surface area contributed by atoms with Gasteiger partial charge in [-0.3, -0.25) is 0 Å². The van der Waals surface area contributed by atoms with Crippen LogP contribution in [0, 0.1) is 0 Å². The fourth-order valence-corrected chi connectivity index (χ4v) is 1.43.